The van der Waals surface area contributed by atoms with Gasteiger partial charge in [-0.1, -0.05) is 13.0 Å². The summed E-state index contributed by atoms with van der Waals surface area (Å²) in [6.45, 7) is 4.68. The van der Waals surface area contributed by atoms with E-state index in [9.17, 15) is 9.59 Å². The Bertz CT molecular complexity index is 1250. The molecule has 8 nitrogen and oxygen atoms in total. The Kier molecular flexibility index (Phi) is 7.75. The third-order valence-electron chi connectivity index (χ3n) is 5.74. The molecule has 2 N–H and O–H groups in total. The predicted octanol–water partition coefficient (Wildman–Crippen LogP) is 4.11. The second-order valence-electron chi connectivity index (χ2n) is 8.54. The minimum atomic E-state index is -0.218. The maximum atomic E-state index is 13.0. The number of carbonyl (C=O) groups is 2. The molecule has 0 atom stereocenters. The van der Waals surface area contributed by atoms with Crippen LogP contribution in [0.15, 0.2) is 48.5 Å². The SMILES string of the molecule is CCCN(CC(=O)Nc1ccc(C#N)cc1)c1cccc(C(=O)Nc2nc3c(s2)CN(C)CC3)c1. The summed E-state index contributed by atoms with van der Waals surface area (Å²) in [6.07, 6.45) is 1.74. The summed E-state index contributed by atoms with van der Waals surface area (Å²) in [7, 11) is 2.08. The van der Waals surface area contributed by atoms with E-state index in [2.05, 4.69) is 33.6 Å². The summed E-state index contributed by atoms with van der Waals surface area (Å²) in [5.41, 5.74) is 3.56. The normalized spacial score (nSPS) is 12.9. The van der Waals surface area contributed by atoms with Crippen LogP contribution in [-0.2, 0) is 17.8 Å². The Morgan fingerprint density at radius 1 is 1.20 bits per heavy atom. The van der Waals surface area contributed by atoms with Crippen LogP contribution in [0.2, 0.25) is 0 Å². The predicted molar refractivity (Wildman–Crippen MR) is 139 cm³/mol. The van der Waals surface area contributed by atoms with Crippen molar-refractivity contribution in [2.24, 2.45) is 0 Å². The molecule has 4 rings (SSSR count). The fourth-order valence-electron chi connectivity index (χ4n) is 3.96. The Morgan fingerprint density at radius 2 is 2.00 bits per heavy atom. The summed E-state index contributed by atoms with van der Waals surface area (Å²) in [5, 5.41) is 15.4. The zero-order valence-electron chi connectivity index (χ0n) is 19.9. The zero-order chi connectivity index (χ0) is 24.8. The van der Waals surface area contributed by atoms with Crippen LogP contribution in [0.25, 0.3) is 0 Å². The molecule has 9 heteroatoms. The van der Waals surface area contributed by atoms with Crippen LogP contribution in [0, 0.1) is 11.3 Å². The number of rotatable bonds is 8. The highest BCUT2D eigenvalue weighted by molar-refractivity contribution is 7.15. The topological polar surface area (TPSA) is 101 Å². The van der Waals surface area contributed by atoms with Crippen LogP contribution in [0.1, 0.15) is 39.8 Å². The molecule has 3 aromatic rings. The lowest BCUT2D eigenvalue weighted by Gasteiger charge is -2.24. The number of aromatic nitrogens is 1. The van der Waals surface area contributed by atoms with Crippen molar-refractivity contribution in [2.45, 2.75) is 26.3 Å². The van der Waals surface area contributed by atoms with Gasteiger partial charge in [-0.2, -0.15) is 5.26 Å². The van der Waals surface area contributed by atoms with Crippen LogP contribution in [0.4, 0.5) is 16.5 Å². The number of nitriles is 1. The second-order valence-corrected chi connectivity index (χ2v) is 9.62. The number of fused-ring (bicyclic) bond motifs is 1. The molecule has 2 amide bonds. The fraction of sp³-hybridized carbons (Fsp3) is 0.308. The Morgan fingerprint density at radius 3 is 2.74 bits per heavy atom. The molecule has 1 aliphatic rings. The third-order valence-corrected chi connectivity index (χ3v) is 6.74. The van der Waals surface area contributed by atoms with Crippen molar-refractivity contribution in [2.75, 3.05) is 42.2 Å². The van der Waals surface area contributed by atoms with Gasteiger partial charge in [0, 0.05) is 47.9 Å². The first-order chi connectivity index (χ1) is 16.9. The van der Waals surface area contributed by atoms with Gasteiger partial charge in [-0.05, 0) is 55.9 Å². The monoisotopic (exact) mass is 488 g/mol. The molecule has 0 spiro atoms. The van der Waals surface area contributed by atoms with E-state index in [0.717, 1.165) is 37.3 Å². The molecule has 0 aliphatic carbocycles. The van der Waals surface area contributed by atoms with Gasteiger partial charge in [-0.15, -0.1) is 11.3 Å². The highest BCUT2D eigenvalue weighted by Gasteiger charge is 2.20. The van der Waals surface area contributed by atoms with E-state index in [0.29, 0.717) is 28.5 Å². The maximum absolute atomic E-state index is 13.0. The maximum Gasteiger partial charge on any atom is 0.257 e. The molecule has 2 heterocycles. The Labute approximate surface area is 209 Å². The van der Waals surface area contributed by atoms with Gasteiger partial charge in [0.05, 0.1) is 23.9 Å². The summed E-state index contributed by atoms with van der Waals surface area (Å²) in [6, 6.07) is 16.1. The van der Waals surface area contributed by atoms with Crippen molar-refractivity contribution in [1.82, 2.24) is 9.88 Å². The first-order valence-electron chi connectivity index (χ1n) is 11.6. The van der Waals surface area contributed by atoms with Gasteiger partial charge >= 0.3 is 0 Å². The van der Waals surface area contributed by atoms with Crippen molar-refractivity contribution in [3.05, 3.63) is 70.2 Å². The summed E-state index contributed by atoms with van der Waals surface area (Å²) >= 11 is 1.53. The molecule has 0 unspecified atom stereocenters. The lowest BCUT2D eigenvalue weighted by Crippen LogP contribution is -2.34. The van der Waals surface area contributed by atoms with E-state index < -0.39 is 0 Å². The lowest BCUT2D eigenvalue weighted by atomic mass is 10.1. The number of hydrogen-bond donors (Lipinski definition) is 2. The largest absolute Gasteiger partial charge is 0.362 e. The number of thiazole rings is 1. The number of benzene rings is 2. The number of anilines is 3. The van der Waals surface area contributed by atoms with E-state index in [-0.39, 0.29) is 18.4 Å². The molecule has 2 aromatic carbocycles. The summed E-state index contributed by atoms with van der Waals surface area (Å²) in [4.78, 5) is 35.7. The zero-order valence-corrected chi connectivity index (χ0v) is 20.7. The molecule has 1 aromatic heterocycles. The van der Waals surface area contributed by atoms with Crippen LogP contribution in [0.3, 0.4) is 0 Å². The van der Waals surface area contributed by atoms with Crippen molar-refractivity contribution >= 4 is 39.7 Å². The van der Waals surface area contributed by atoms with Crippen LogP contribution < -0.4 is 15.5 Å². The average molecular weight is 489 g/mol. The van der Waals surface area contributed by atoms with Crippen molar-refractivity contribution < 1.29 is 9.59 Å². The summed E-state index contributed by atoms with van der Waals surface area (Å²) < 4.78 is 0. The smallest absolute Gasteiger partial charge is 0.257 e. The van der Waals surface area contributed by atoms with Gasteiger partial charge in [-0.3, -0.25) is 14.9 Å². The molecular weight excluding hydrogens is 460 g/mol. The van der Waals surface area contributed by atoms with Crippen molar-refractivity contribution in [3.63, 3.8) is 0 Å². The minimum Gasteiger partial charge on any atom is -0.362 e. The first kappa shape index (κ1) is 24.4. The van der Waals surface area contributed by atoms with Crippen LogP contribution in [-0.4, -0.2) is 48.4 Å². The van der Waals surface area contributed by atoms with Gasteiger partial charge in [-0.25, -0.2) is 4.98 Å². The first-order valence-corrected chi connectivity index (χ1v) is 12.4. The number of hydrogen-bond acceptors (Lipinski definition) is 7. The quantitative estimate of drug-likeness (QED) is 0.495. The van der Waals surface area contributed by atoms with Gasteiger partial charge in [0.2, 0.25) is 5.91 Å². The molecule has 0 radical (unpaired) electrons. The highest BCUT2D eigenvalue weighted by Crippen LogP contribution is 2.28. The van der Waals surface area contributed by atoms with E-state index >= 15 is 0 Å². The fourth-order valence-corrected chi connectivity index (χ4v) is 5.04. The number of nitrogens with one attached hydrogen (secondary N) is 2. The molecule has 0 fully saturated rings. The highest BCUT2D eigenvalue weighted by atomic mass is 32.1. The van der Waals surface area contributed by atoms with Gasteiger partial charge < -0.3 is 15.1 Å². The molecule has 0 bridgehead atoms. The number of nitrogens with zero attached hydrogens (tertiary/aromatic N) is 4. The molecule has 35 heavy (non-hydrogen) atoms. The molecule has 180 valence electrons. The van der Waals surface area contributed by atoms with E-state index in [4.69, 9.17) is 5.26 Å². The molecule has 0 saturated heterocycles. The van der Waals surface area contributed by atoms with Crippen LogP contribution >= 0.6 is 11.3 Å². The molecule has 0 saturated carbocycles. The Balaban J connectivity index is 1.43. The minimum absolute atomic E-state index is 0.144. The van der Waals surface area contributed by atoms with Gasteiger partial charge in [0.1, 0.15) is 0 Å². The molecular formula is C26H28N6O2S. The van der Waals surface area contributed by atoms with E-state index in [1.165, 1.54) is 16.2 Å². The van der Waals surface area contributed by atoms with Gasteiger partial charge in [0.25, 0.3) is 5.91 Å². The standard InChI is InChI=1S/C26H28N6O2S/c1-3-12-32(17-24(33)28-20-9-7-18(15-27)8-10-20)21-6-4-5-19(14-21)25(34)30-26-29-22-11-13-31(2)16-23(22)35-26/h4-10,14H,3,11-13,16-17H2,1-2H3,(H,28,33)(H,29,30,34). The molecule has 1 aliphatic heterocycles. The van der Waals surface area contributed by atoms with E-state index in [1.807, 2.05) is 24.0 Å². The number of likely N-dealkylation sites (N-methyl/N-ethyl adjacent to an activating group) is 1. The van der Waals surface area contributed by atoms with Crippen LogP contribution in [0.5, 0.6) is 0 Å². The van der Waals surface area contributed by atoms with Crippen molar-refractivity contribution in [1.29, 1.82) is 5.26 Å². The second kappa shape index (κ2) is 11.1. The number of amides is 2. The Hall–Kier alpha value is -3.74. The summed E-state index contributed by atoms with van der Waals surface area (Å²) in [5.74, 6) is -0.388. The third kappa shape index (κ3) is 6.23. The lowest BCUT2D eigenvalue weighted by molar-refractivity contribution is -0.115. The van der Waals surface area contributed by atoms with Crippen molar-refractivity contribution in [3.8, 4) is 6.07 Å². The van der Waals surface area contributed by atoms with E-state index in [1.54, 1.807) is 36.4 Å². The number of carbonyl (C=O) groups excluding carboxylic acids is 2. The average Bonchev–Trinajstić information content (AvgIpc) is 3.25. The van der Waals surface area contributed by atoms with Gasteiger partial charge in [0.15, 0.2) is 5.13 Å².